The first-order valence-electron chi connectivity index (χ1n) is 24.0. The van der Waals surface area contributed by atoms with E-state index in [1.54, 1.807) is 0 Å². The molecule has 0 amide bonds. The van der Waals surface area contributed by atoms with Crippen molar-refractivity contribution in [1.82, 2.24) is 0 Å². The average Bonchev–Trinajstić information content (AvgIpc) is 3.65. The molecule has 0 spiro atoms. The summed E-state index contributed by atoms with van der Waals surface area (Å²) in [6.45, 7) is 14.4. The van der Waals surface area contributed by atoms with Crippen LogP contribution in [0, 0.1) is 0 Å². The van der Waals surface area contributed by atoms with Crippen LogP contribution in [0.15, 0.2) is 206 Å². The van der Waals surface area contributed by atoms with Crippen molar-refractivity contribution in [2.24, 2.45) is 0 Å². The maximum Gasteiger partial charge on any atom is 0.0713 e. The van der Waals surface area contributed by atoms with E-state index in [1.807, 2.05) is 0 Å². The van der Waals surface area contributed by atoms with Gasteiger partial charge in [0, 0.05) is 34.1 Å². The summed E-state index contributed by atoms with van der Waals surface area (Å²) in [6, 6.07) is 77.1. The molecule has 1 unspecified atom stereocenters. The fourth-order valence-electron chi connectivity index (χ4n) is 10.7. The summed E-state index contributed by atoms with van der Waals surface area (Å²) in [7, 11) is 0. The molecule has 1 aliphatic carbocycles. The van der Waals surface area contributed by atoms with Gasteiger partial charge in [0.1, 0.15) is 0 Å². The quantitative estimate of drug-likeness (QED) is 0.0956. The zero-order valence-electron chi connectivity index (χ0n) is 39.3. The third-order valence-electron chi connectivity index (χ3n) is 14.5. The summed E-state index contributed by atoms with van der Waals surface area (Å²) in [5.41, 5.74) is 17.0. The second-order valence-corrected chi connectivity index (χ2v) is 19.0. The lowest BCUT2D eigenvalue weighted by Crippen LogP contribution is -2.30. The highest BCUT2D eigenvalue weighted by Crippen LogP contribution is 2.58. The van der Waals surface area contributed by atoms with Gasteiger partial charge in [0.25, 0.3) is 0 Å². The third kappa shape index (κ3) is 8.10. The van der Waals surface area contributed by atoms with E-state index in [0.717, 1.165) is 59.8 Å². The highest BCUT2D eigenvalue weighted by atomic mass is 15.1. The van der Waals surface area contributed by atoms with Gasteiger partial charge in [-0.3, -0.25) is 0 Å². The van der Waals surface area contributed by atoms with E-state index >= 15 is 0 Å². The smallest absolute Gasteiger partial charge is 0.0713 e. The van der Waals surface area contributed by atoms with Crippen LogP contribution < -0.4 is 9.80 Å². The standard InChI is InChI=1S/C63H64N2/c1-7-10-44-61(4,5)49-35-41-57-58-42-36-50(62(6,9-3)43-8-2)46-60(58)63(59(57)45-49,47-31-37-55(38-32-47)64(51-23-15-11-16-24-51)52-25-17-12-18-26-52)48-33-39-56(40-34-48)65(53-27-19-13-20-28-53)54-29-21-14-22-30-54/h11-42,45-46H,7-10,43-44H2,1-6H3. The molecule has 9 rings (SSSR count). The van der Waals surface area contributed by atoms with Crippen LogP contribution in [-0.4, -0.2) is 0 Å². The number of fused-ring (bicyclic) bond motifs is 3. The number of hydrogen-bond acceptors (Lipinski definition) is 2. The number of benzene rings is 8. The van der Waals surface area contributed by atoms with Crippen LogP contribution in [0.4, 0.5) is 34.1 Å². The Hall–Kier alpha value is -6.64. The zero-order valence-corrected chi connectivity index (χ0v) is 39.3. The van der Waals surface area contributed by atoms with Crippen LogP contribution >= 0.6 is 0 Å². The molecule has 326 valence electrons. The second kappa shape index (κ2) is 18.5. The first-order valence-corrected chi connectivity index (χ1v) is 24.0. The molecule has 0 bridgehead atoms. The Balaban J connectivity index is 1.31. The molecule has 0 saturated heterocycles. The largest absolute Gasteiger partial charge is 0.311 e. The Kier molecular flexibility index (Phi) is 12.4. The minimum absolute atomic E-state index is 0.0179. The molecule has 65 heavy (non-hydrogen) atoms. The predicted molar refractivity (Wildman–Crippen MR) is 278 cm³/mol. The van der Waals surface area contributed by atoms with Crippen molar-refractivity contribution in [2.45, 2.75) is 96.3 Å². The van der Waals surface area contributed by atoms with Crippen molar-refractivity contribution in [3.8, 4) is 11.1 Å². The van der Waals surface area contributed by atoms with Gasteiger partial charge in [0.15, 0.2) is 0 Å². The van der Waals surface area contributed by atoms with Crippen molar-refractivity contribution in [2.75, 3.05) is 9.80 Å². The maximum absolute atomic E-state index is 2.61. The van der Waals surface area contributed by atoms with E-state index in [1.165, 1.54) is 57.3 Å². The average molecular weight is 849 g/mol. The Bertz CT molecular complexity index is 2610. The molecule has 0 saturated carbocycles. The SMILES string of the molecule is CCCCC(C)(C)c1ccc2c(c1)C(c1ccc(N(c3ccccc3)c3ccccc3)cc1)(c1ccc(N(c3ccccc3)c3ccccc3)cc1)c1cc(C(C)(CC)CCC)ccc1-2. The summed E-state index contributed by atoms with van der Waals surface area (Å²) >= 11 is 0. The molecule has 0 N–H and O–H groups in total. The number of anilines is 6. The molecule has 0 aliphatic heterocycles. The van der Waals surface area contributed by atoms with E-state index in [0.29, 0.717) is 0 Å². The topological polar surface area (TPSA) is 6.48 Å². The molecule has 0 heterocycles. The molecule has 2 heteroatoms. The monoisotopic (exact) mass is 849 g/mol. The van der Waals surface area contributed by atoms with Gasteiger partial charge >= 0.3 is 0 Å². The maximum atomic E-state index is 2.61. The minimum Gasteiger partial charge on any atom is -0.311 e. The van der Waals surface area contributed by atoms with E-state index in [-0.39, 0.29) is 10.8 Å². The third-order valence-corrected chi connectivity index (χ3v) is 14.5. The Labute approximate surface area is 389 Å². The van der Waals surface area contributed by atoms with E-state index in [2.05, 4.69) is 258 Å². The van der Waals surface area contributed by atoms with Crippen molar-refractivity contribution >= 4 is 34.1 Å². The molecule has 0 aromatic heterocycles. The molecule has 8 aromatic carbocycles. The lowest BCUT2D eigenvalue weighted by molar-refractivity contribution is 0.413. The summed E-state index contributed by atoms with van der Waals surface area (Å²) in [5.74, 6) is 0. The van der Waals surface area contributed by atoms with Gasteiger partial charge in [-0.05, 0) is 147 Å². The van der Waals surface area contributed by atoms with Gasteiger partial charge in [-0.15, -0.1) is 0 Å². The van der Waals surface area contributed by atoms with Crippen LogP contribution in [0.25, 0.3) is 11.1 Å². The predicted octanol–water partition coefficient (Wildman–Crippen LogP) is 17.9. The van der Waals surface area contributed by atoms with Gasteiger partial charge in [0.2, 0.25) is 0 Å². The fraction of sp³-hybridized carbons (Fsp3) is 0.238. The Morgan fingerprint density at radius 3 is 1.12 bits per heavy atom. The van der Waals surface area contributed by atoms with Crippen LogP contribution in [0.2, 0.25) is 0 Å². The van der Waals surface area contributed by atoms with Gasteiger partial charge < -0.3 is 9.80 Å². The number of unbranched alkanes of at least 4 members (excludes halogenated alkanes) is 1. The van der Waals surface area contributed by atoms with Crippen LogP contribution in [0.1, 0.15) is 113 Å². The van der Waals surface area contributed by atoms with Gasteiger partial charge in [-0.2, -0.15) is 0 Å². The number of nitrogens with zero attached hydrogens (tertiary/aromatic N) is 2. The number of rotatable bonds is 16. The van der Waals surface area contributed by atoms with Crippen molar-refractivity contribution < 1.29 is 0 Å². The zero-order chi connectivity index (χ0) is 45.0. The molecule has 8 aromatic rings. The first-order chi connectivity index (χ1) is 31.7. The van der Waals surface area contributed by atoms with Crippen molar-refractivity contribution in [3.05, 3.63) is 240 Å². The second-order valence-electron chi connectivity index (χ2n) is 19.0. The molecule has 2 nitrogen and oxygen atoms in total. The van der Waals surface area contributed by atoms with Crippen LogP contribution in [0.5, 0.6) is 0 Å². The highest BCUT2D eigenvalue weighted by molar-refractivity contribution is 5.88. The molecule has 0 fully saturated rings. The van der Waals surface area contributed by atoms with Crippen molar-refractivity contribution in [1.29, 1.82) is 0 Å². The Morgan fingerprint density at radius 2 is 0.754 bits per heavy atom. The van der Waals surface area contributed by atoms with Crippen LogP contribution in [-0.2, 0) is 16.2 Å². The van der Waals surface area contributed by atoms with Crippen LogP contribution in [0.3, 0.4) is 0 Å². The molecular formula is C63H64N2. The molecule has 1 atom stereocenters. The summed E-state index contributed by atoms with van der Waals surface area (Å²) in [4.78, 5) is 4.74. The number of hydrogen-bond donors (Lipinski definition) is 0. The van der Waals surface area contributed by atoms with Gasteiger partial charge in [-0.25, -0.2) is 0 Å². The number of para-hydroxylation sites is 4. The first kappa shape index (κ1) is 43.6. The highest BCUT2D eigenvalue weighted by Gasteiger charge is 2.47. The molecular weight excluding hydrogens is 785 g/mol. The Morgan fingerprint density at radius 1 is 0.385 bits per heavy atom. The summed E-state index contributed by atoms with van der Waals surface area (Å²) < 4.78 is 0. The summed E-state index contributed by atoms with van der Waals surface area (Å²) in [6.07, 6.45) is 6.90. The lowest BCUT2D eigenvalue weighted by Gasteiger charge is -2.37. The normalized spacial score (nSPS) is 13.7. The van der Waals surface area contributed by atoms with E-state index in [4.69, 9.17) is 0 Å². The van der Waals surface area contributed by atoms with Crippen molar-refractivity contribution in [3.63, 3.8) is 0 Å². The van der Waals surface area contributed by atoms with Gasteiger partial charge in [-0.1, -0.05) is 194 Å². The fourth-order valence-corrected chi connectivity index (χ4v) is 10.7. The lowest BCUT2D eigenvalue weighted by atomic mass is 9.65. The molecule has 1 aliphatic rings. The summed E-state index contributed by atoms with van der Waals surface area (Å²) in [5, 5.41) is 0. The van der Waals surface area contributed by atoms with E-state index < -0.39 is 5.41 Å². The molecule has 0 radical (unpaired) electrons. The van der Waals surface area contributed by atoms with E-state index in [9.17, 15) is 0 Å². The minimum atomic E-state index is -0.593. The van der Waals surface area contributed by atoms with Gasteiger partial charge in [0.05, 0.1) is 5.41 Å².